The number of fused-ring (bicyclic) bond motifs is 1. The molecule has 0 atom stereocenters. The van der Waals surface area contributed by atoms with Gasteiger partial charge in [-0.2, -0.15) is 0 Å². The summed E-state index contributed by atoms with van der Waals surface area (Å²) >= 11 is 0. The first kappa shape index (κ1) is 14.2. The number of nitrogens with zero attached hydrogens (tertiary/aromatic N) is 1. The van der Waals surface area contributed by atoms with Crippen molar-refractivity contribution < 1.29 is 64.3 Å². The molecule has 0 radical (unpaired) electrons. The van der Waals surface area contributed by atoms with E-state index in [-0.39, 0.29) is 62.3 Å². The van der Waals surface area contributed by atoms with Gasteiger partial charge in [0.25, 0.3) is 0 Å². The molecule has 0 aliphatic carbocycles. The van der Waals surface area contributed by atoms with Crippen molar-refractivity contribution >= 4 is 23.3 Å². The van der Waals surface area contributed by atoms with E-state index in [0.29, 0.717) is 5.52 Å². The Balaban J connectivity index is 0.00000128. The Morgan fingerprint density at radius 1 is 1.12 bits per heavy atom. The van der Waals surface area contributed by atoms with Crippen LogP contribution in [0.25, 0.3) is 10.9 Å². The topological polar surface area (TPSA) is 12.9 Å². The number of aryl methyl sites for hydroxylation is 1. The second-order valence-electron chi connectivity index (χ2n) is 3.44. The molecule has 0 amide bonds. The molecule has 0 aliphatic heterocycles. The minimum Gasteiger partial charge on any atom is -0.445 e. The van der Waals surface area contributed by atoms with E-state index >= 15 is 0 Å². The van der Waals surface area contributed by atoms with Crippen molar-refractivity contribution in [3.05, 3.63) is 36.0 Å². The summed E-state index contributed by atoms with van der Waals surface area (Å²) in [6, 6.07) is 6.04. The fraction of sp³-hybridized carbons (Fsp3) is 0.100. The van der Waals surface area contributed by atoms with Crippen molar-refractivity contribution in [1.29, 1.82) is 0 Å². The number of benzene rings is 1. The molecule has 1 aromatic carbocycles. The average molecular weight is 249 g/mol. The first-order valence-corrected chi connectivity index (χ1v) is 4.54. The Morgan fingerprint density at radius 3 is 2.44 bits per heavy atom. The summed E-state index contributed by atoms with van der Waals surface area (Å²) in [6.45, 7) is -3.51. The maximum Gasteiger partial charge on any atom is 1.00 e. The van der Waals surface area contributed by atoms with Crippen molar-refractivity contribution in [2.24, 2.45) is 0 Å². The molecule has 2 rings (SSSR count). The third kappa shape index (κ3) is 2.68. The number of hydrogen-bond donors (Lipinski definition) is 0. The summed E-state index contributed by atoms with van der Waals surface area (Å²) in [5.74, 6) is 0. The second kappa shape index (κ2) is 5.18. The second-order valence-corrected chi connectivity index (χ2v) is 3.44. The molecule has 6 heteroatoms. The van der Waals surface area contributed by atoms with Gasteiger partial charge < -0.3 is 12.9 Å². The number of rotatable bonds is 1. The van der Waals surface area contributed by atoms with Crippen LogP contribution >= 0.6 is 0 Å². The van der Waals surface area contributed by atoms with Crippen molar-refractivity contribution in [2.75, 3.05) is 0 Å². The van der Waals surface area contributed by atoms with Gasteiger partial charge in [-0.1, -0.05) is 23.2 Å². The van der Waals surface area contributed by atoms with Gasteiger partial charge in [-0.25, -0.2) is 0 Å². The van der Waals surface area contributed by atoms with Gasteiger partial charge in [0.1, 0.15) is 0 Å². The fourth-order valence-corrected chi connectivity index (χ4v) is 1.72. The summed E-state index contributed by atoms with van der Waals surface area (Å²) in [5, 5.41) is 0.185. The van der Waals surface area contributed by atoms with Crippen molar-refractivity contribution in [3.63, 3.8) is 0 Å². The molecule has 0 unspecified atom stereocenters. The number of pyridine rings is 1. The van der Waals surface area contributed by atoms with Crippen molar-refractivity contribution in [2.45, 2.75) is 6.92 Å². The van der Waals surface area contributed by atoms with Gasteiger partial charge in [-0.3, -0.25) is 4.98 Å². The molecule has 0 saturated heterocycles. The zero-order valence-electron chi connectivity index (χ0n) is 9.05. The zero-order valence-corrected chi connectivity index (χ0v) is 12.2. The van der Waals surface area contributed by atoms with Crippen LogP contribution in [-0.4, -0.2) is 12.0 Å². The molecular formula is C10H8BF3KN. The maximum absolute atomic E-state index is 12.8. The molecule has 0 spiro atoms. The van der Waals surface area contributed by atoms with Crippen LogP contribution in [0.3, 0.4) is 0 Å². The first-order valence-electron chi connectivity index (χ1n) is 4.54. The standard InChI is InChI=1S/C10H8BF3N.K/c1-7-4-5-9-8(3-2-6-15-9)10(7)11(12,13)14;/h2-6H,1H3;/q-1;+1. The summed E-state index contributed by atoms with van der Waals surface area (Å²) in [5.41, 5.74) is 0.112. The molecule has 0 saturated carbocycles. The average Bonchev–Trinajstić information content (AvgIpc) is 2.15. The summed E-state index contributed by atoms with van der Waals surface area (Å²) < 4.78 is 38.4. The number of hydrogen-bond acceptors (Lipinski definition) is 1. The van der Waals surface area contributed by atoms with E-state index in [9.17, 15) is 12.9 Å². The van der Waals surface area contributed by atoms with E-state index in [2.05, 4.69) is 4.98 Å². The van der Waals surface area contributed by atoms with Gasteiger partial charge in [0.15, 0.2) is 0 Å². The molecule has 1 nitrogen and oxygen atoms in total. The van der Waals surface area contributed by atoms with Crippen LogP contribution < -0.4 is 56.8 Å². The summed E-state index contributed by atoms with van der Waals surface area (Å²) in [4.78, 5) is 3.91. The van der Waals surface area contributed by atoms with E-state index in [4.69, 9.17) is 0 Å². The van der Waals surface area contributed by atoms with Crippen LogP contribution in [0.15, 0.2) is 30.5 Å². The third-order valence-electron chi connectivity index (χ3n) is 2.37. The molecule has 16 heavy (non-hydrogen) atoms. The SMILES string of the molecule is Cc1ccc2ncccc2c1[B-](F)(F)F.[K+]. The zero-order chi connectivity index (χ0) is 11.1. The first-order chi connectivity index (χ1) is 7.00. The molecule has 1 heterocycles. The molecule has 0 N–H and O–H groups in total. The monoisotopic (exact) mass is 249 g/mol. The van der Waals surface area contributed by atoms with Crippen LogP contribution in [0, 0.1) is 6.92 Å². The Kier molecular flexibility index (Phi) is 4.59. The Morgan fingerprint density at radius 2 is 1.81 bits per heavy atom. The van der Waals surface area contributed by atoms with E-state index in [0.717, 1.165) is 0 Å². The molecule has 0 bridgehead atoms. The molecule has 78 valence electrons. The van der Waals surface area contributed by atoms with Gasteiger partial charge in [-0.15, -0.1) is 0 Å². The minimum absolute atomic E-state index is 0. The van der Waals surface area contributed by atoms with Crippen LogP contribution in [0.5, 0.6) is 0 Å². The Labute approximate surface area is 134 Å². The largest absolute Gasteiger partial charge is 1.00 e. The molecule has 2 aromatic rings. The number of halogens is 3. The maximum atomic E-state index is 12.8. The van der Waals surface area contributed by atoms with Gasteiger partial charge >= 0.3 is 58.4 Å². The van der Waals surface area contributed by atoms with Crippen LogP contribution in [0.2, 0.25) is 0 Å². The normalized spacial score (nSPS) is 11.2. The predicted molar refractivity (Wildman–Crippen MR) is 55.2 cm³/mol. The summed E-state index contributed by atoms with van der Waals surface area (Å²) in [7, 11) is 0. The van der Waals surface area contributed by atoms with Gasteiger partial charge in [-0.05, 0) is 24.4 Å². The number of aromatic nitrogens is 1. The van der Waals surface area contributed by atoms with Gasteiger partial charge in [0.2, 0.25) is 0 Å². The quantitative estimate of drug-likeness (QED) is 0.627. The predicted octanol–water partition coefficient (Wildman–Crippen LogP) is -0.398. The van der Waals surface area contributed by atoms with Crippen LogP contribution in [0.1, 0.15) is 5.56 Å². The van der Waals surface area contributed by atoms with Crippen LogP contribution in [0.4, 0.5) is 12.9 Å². The Hall–Kier alpha value is 0.121. The Bertz CT molecular complexity index is 513. The van der Waals surface area contributed by atoms with Gasteiger partial charge in [0, 0.05) is 6.20 Å². The van der Waals surface area contributed by atoms with Crippen molar-refractivity contribution in [1.82, 2.24) is 4.98 Å². The minimum atomic E-state index is -4.98. The molecular weight excluding hydrogens is 241 g/mol. The van der Waals surface area contributed by atoms with E-state index in [1.165, 1.54) is 31.3 Å². The third-order valence-corrected chi connectivity index (χ3v) is 2.37. The molecule has 1 aromatic heterocycles. The van der Waals surface area contributed by atoms with Crippen LogP contribution in [-0.2, 0) is 0 Å². The van der Waals surface area contributed by atoms with E-state index in [1.54, 1.807) is 6.07 Å². The smallest absolute Gasteiger partial charge is 0.445 e. The van der Waals surface area contributed by atoms with Crippen molar-refractivity contribution in [3.8, 4) is 0 Å². The van der Waals surface area contributed by atoms with E-state index in [1.807, 2.05) is 0 Å². The summed E-state index contributed by atoms with van der Waals surface area (Å²) in [6.07, 6.45) is 1.49. The van der Waals surface area contributed by atoms with Gasteiger partial charge in [0.05, 0.1) is 5.52 Å². The van der Waals surface area contributed by atoms with E-state index < -0.39 is 12.4 Å². The molecule has 0 aliphatic rings. The fourth-order valence-electron chi connectivity index (χ4n) is 1.72. The molecule has 0 fully saturated rings.